The first-order valence-electron chi connectivity index (χ1n) is 7.32. The standard InChI is InChI=1S/C16H17N3O3S/c1-10-3-4-13(21-10)11(2)17-14(20)5-6-15-18-19-16(22-15)12-7-8-23-9-12/h3-4,7-9,11H,5-6H2,1-2H3,(H,17,20). The number of carbonyl (C=O) groups is 1. The van der Waals surface area contributed by atoms with Gasteiger partial charge in [0.2, 0.25) is 17.7 Å². The minimum atomic E-state index is -0.166. The van der Waals surface area contributed by atoms with Crippen molar-refractivity contribution < 1.29 is 13.6 Å². The van der Waals surface area contributed by atoms with E-state index in [2.05, 4.69) is 15.5 Å². The summed E-state index contributed by atoms with van der Waals surface area (Å²) in [5, 5.41) is 14.7. The van der Waals surface area contributed by atoms with Crippen LogP contribution in [0.2, 0.25) is 0 Å². The number of thiophene rings is 1. The Bertz CT molecular complexity index is 776. The molecule has 1 unspecified atom stereocenters. The third-order valence-corrected chi connectivity index (χ3v) is 4.05. The van der Waals surface area contributed by atoms with E-state index in [0.29, 0.717) is 18.2 Å². The highest BCUT2D eigenvalue weighted by Gasteiger charge is 2.14. The third-order valence-electron chi connectivity index (χ3n) is 3.37. The van der Waals surface area contributed by atoms with Gasteiger partial charge in [-0.1, -0.05) is 0 Å². The van der Waals surface area contributed by atoms with Crippen molar-refractivity contribution >= 4 is 17.2 Å². The molecule has 0 bridgehead atoms. The highest BCUT2D eigenvalue weighted by atomic mass is 32.1. The van der Waals surface area contributed by atoms with Gasteiger partial charge in [-0.05, 0) is 37.4 Å². The summed E-state index contributed by atoms with van der Waals surface area (Å²) >= 11 is 1.57. The van der Waals surface area contributed by atoms with E-state index in [0.717, 1.165) is 17.1 Å². The zero-order chi connectivity index (χ0) is 16.2. The molecule has 3 aromatic heterocycles. The smallest absolute Gasteiger partial charge is 0.248 e. The van der Waals surface area contributed by atoms with E-state index in [9.17, 15) is 4.79 Å². The maximum atomic E-state index is 12.0. The molecule has 3 rings (SSSR count). The number of hydrogen-bond donors (Lipinski definition) is 1. The van der Waals surface area contributed by atoms with Crippen LogP contribution < -0.4 is 5.32 Å². The Hall–Kier alpha value is -2.41. The lowest BCUT2D eigenvalue weighted by Gasteiger charge is -2.10. The van der Waals surface area contributed by atoms with Crippen molar-refractivity contribution in [1.82, 2.24) is 15.5 Å². The molecule has 7 heteroatoms. The summed E-state index contributed by atoms with van der Waals surface area (Å²) in [6, 6.07) is 5.50. The van der Waals surface area contributed by atoms with Gasteiger partial charge in [-0.3, -0.25) is 4.79 Å². The largest absolute Gasteiger partial charge is 0.464 e. The van der Waals surface area contributed by atoms with E-state index < -0.39 is 0 Å². The Morgan fingerprint density at radius 3 is 2.87 bits per heavy atom. The number of nitrogens with one attached hydrogen (secondary N) is 1. The fourth-order valence-electron chi connectivity index (χ4n) is 2.15. The Morgan fingerprint density at radius 1 is 1.30 bits per heavy atom. The zero-order valence-electron chi connectivity index (χ0n) is 12.9. The van der Waals surface area contributed by atoms with Crippen LogP contribution in [-0.2, 0) is 11.2 Å². The molecule has 0 aliphatic carbocycles. The van der Waals surface area contributed by atoms with Gasteiger partial charge in [-0.15, -0.1) is 10.2 Å². The van der Waals surface area contributed by atoms with E-state index in [1.54, 1.807) is 11.3 Å². The molecule has 0 spiro atoms. The molecule has 3 heterocycles. The van der Waals surface area contributed by atoms with Gasteiger partial charge < -0.3 is 14.2 Å². The van der Waals surface area contributed by atoms with Crippen LogP contribution >= 0.6 is 11.3 Å². The maximum absolute atomic E-state index is 12.0. The Labute approximate surface area is 137 Å². The van der Waals surface area contributed by atoms with Crippen molar-refractivity contribution in [1.29, 1.82) is 0 Å². The third kappa shape index (κ3) is 3.87. The summed E-state index contributed by atoms with van der Waals surface area (Å²) in [5.41, 5.74) is 0.903. The minimum absolute atomic E-state index is 0.0816. The van der Waals surface area contributed by atoms with Crippen LogP contribution in [0.1, 0.15) is 36.8 Å². The average Bonchev–Trinajstić information content (AvgIpc) is 3.26. The average molecular weight is 331 g/mol. The van der Waals surface area contributed by atoms with Gasteiger partial charge in [0.15, 0.2) is 0 Å². The second-order valence-electron chi connectivity index (χ2n) is 5.25. The zero-order valence-corrected chi connectivity index (χ0v) is 13.7. The lowest BCUT2D eigenvalue weighted by Crippen LogP contribution is -2.26. The molecule has 6 nitrogen and oxygen atoms in total. The van der Waals surface area contributed by atoms with Crippen LogP contribution in [0, 0.1) is 6.92 Å². The van der Waals surface area contributed by atoms with Gasteiger partial charge in [-0.2, -0.15) is 11.3 Å². The molecule has 120 valence electrons. The highest BCUT2D eigenvalue weighted by molar-refractivity contribution is 7.08. The summed E-state index contributed by atoms with van der Waals surface area (Å²) in [6.45, 7) is 3.76. The van der Waals surface area contributed by atoms with E-state index >= 15 is 0 Å². The molecular weight excluding hydrogens is 314 g/mol. The summed E-state index contributed by atoms with van der Waals surface area (Å²) in [4.78, 5) is 12.0. The molecule has 0 aliphatic heterocycles. The summed E-state index contributed by atoms with van der Waals surface area (Å²) in [7, 11) is 0. The topological polar surface area (TPSA) is 81.2 Å². The Kier molecular flexibility index (Phi) is 4.57. The van der Waals surface area contributed by atoms with Crippen molar-refractivity contribution in [2.75, 3.05) is 0 Å². The highest BCUT2D eigenvalue weighted by Crippen LogP contribution is 2.21. The summed E-state index contributed by atoms with van der Waals surface area (Å²) < 4.78 is 11.1. The number of rotatable bonds is 6. The predicted molar refractivity (Wildman–Crippen MR) is 85.9 cm³/mol. The minimum Gasteiger partial charge on any atom is -0.464 e. The van der Waals surface area contributed by atoms with E-state index in [1.807, 2.05) is 42.8 Å². The molecule has 1 N–H and O–H groups in total. The van der Waals surface area contributed by atoms with Gasteiger partial charge >= 0.3 is 0 Å². The number of carbonyl (C=O) groups excluding carboxylic acids is 1. The number of furan rings is 1. The first-order chi connectivity index (χ1) is 11.1. The summed E-state index contributed by atoms with van der Waals surface area (Å²) in [5.74, 6) is 2.44. The van der Waals surface area contributed by atoms with E-state index in [1.165, 1.54) is 0 Å². The van der Waals surface area contributed by atoms with Crippen LogP contribution in [-0.4, -0.2) is 16.1 Å². The van der Waals surface area contributed by atoms with E-state index in [4.69, 9.17) is 8.83 Å². The fraction of sp³-hybridized carbons (Fsp3) is 0.312. The molecule has 0 fully saturated rings. The van der Waals surface area contributed by atoms with Crippen LogP contribution in [0.15, 0.2) is 37.8 Å². The number of nitrogens with zero attached hydrogens (tertiary/aromatic N) is 2. The van der Waals surface area contributed by atoms with Crippen molar-refractivity contribution in [2.24, 2.45) is 0 Å². The van der Waals surface area contributed by atoms with Gasteiger partial charge in [0.05, 0.1) is 6.04 Å². The second-order valence-corrected chi connectivity index (χ2v) is 6.03. The number of hydrogen-bond acceptors (Lipinski definition) is 6. The first kappa shape index (κ1) is 15.5. The molecule has 0 saturated heterocycles. The quantitative estimate of drug-likeness (QED) is 0.747. The maximum Gasteiger partial charge on any atom is 0.248 e. The number of aryl methyl sites for hydroxylation is 2. The summed E-state index contributed by atoms with van der Waals surface area (Å²) in [6.07, 6.45) is 0.697. The van der Waals surface area contributed by atoms with Crippen LogP contribution in [0.3, 0.4) is 0 Å². The molecule has 1 atom stereocenters. The monoisotopic (exact) mass is 331 g/mol. The van der Waals surface area contributed by atoms with E-state index in [-0.39, 0.29) is 18.4 Å². The van der Waals surface area contributed by atoms with Crippen LogP contribution in [0.4, 0.5) is 0 Å². The fourth-order valence-corrected chi connectivity index (χ4v) is 2.78. The molecular formula is C16H17N3O3S. The lowest BCUT2D eigenvalue weighted by atomic mass is 10.2. The predicted octanol–water partition coefficient (Wildman–Crippen LogP) is 3.51. The molecule has 0 aromatic carbocycles. The SMILES string of the molecule is Cc1ccc(C(C)NC(=O)CCc2nnc(-c3ccsc3)o2)o1. The van der Waals surface area contributed by atoms with Crippen molar-refractivity contribution in [3.05, 3.63) is 46.4 Å². The van der Waals surface area contributed by atoms with Gasteiger partial charge in [0, 0.05) is 23.8 Å². The molecule has 0 radical (unpaired) electrons. The molecule has 23 heavy (non-hydrogen) atoms. The number of aromatic nitrogens is 2. The van der Waals surface area contributed by atoms with Gasteiger partial charge in [0.25, 0.3) is 0 Å². The van der Waals surface area contributed by atoms with Crippen molar-refractivity contribution in [2.45, 2.75) is 32.7 Å². The second kappa shape index (κ2) is 6.78. The Balaban J connectivity index is 1.51. The van der Waals surface area contributed by atoms with Gasteiger partial charge in [-0.25, -0.2) is 0 Å². The van der Waals surface area contributed by atoms with Crippen molar-refractivity contribution in [3.8, 4) is 11.5 Å². The molecule has 3 aromatic rings. The molecule has 0 aliphatic rings. The number of amides is 1. The van der Waals surface area contributed by atoms with Gasteiger partial charge in [0.1, 0.15) is 11.5 Å². The normalized spacial score (nSPS) is 12.3. The Morgan fingerprint density at radius 2 is 2.17 bits per heavy atom. The van der Waals surface area contributed by atoms with Crippen molar-refractivity contribution in [3.63, 3.8) is 0 Å². The van der Waals surface area contributed by atoms with Crippen LogP contribution in [0.5, 0.6) is 0 Å². The molecule has 0 saturated carbocycles. The first-order valence-corrected chi connectivity index (χ1v) is 8.27. The van der Waals surface area contributed by atoms with Crippen LogP contribution in [0.25, 0.3) is 11.5 Å². The lowest BCUT2D eigenvalue weighted by molar-refractivity contribution is -0.121. The molecule has 1 amide bonds.